The minimum Gasteiger partial charge on any atom is -0.497 e. The lowest BCUT2D eigenvalue weighted by Gasteiger charge is -2.23. The smallest absolute Gasteiger partial charge is 0.317 e. The zero-order valence-corrected chi connectivity index (χ0v) is 15.4. The molecule has 1 heterocycles. The number of rotatable bonds is 4. The Balaban J connectivity index is 2.07. The zero-order chi connectivity index (χ0) is 18.4. The van der Waals surface area contributed by atoms with Crippen LogP contribution in [0.1, 0.15) is 30.6 Å². The van der Waals surface area contributed by atoms with E-state index in [0.717, 1.165) is 6.42 Å². The van der Waals surface area contributed by atoms with E-state index >= 15 is 0 Å². The summed E-state index contributed by atoms with van der Waals surface area (Å²) < 4.78 is 10.5. The van der Waals surface area contributed by atoms with Gasteiger partial charge in [-0.05, 0) is 32.4 Å². The largest absolute Gasteiger partial charge is 0.497 e. The van der Waals surface area contributed by atoms with Crippen LogP contribution < -0.4 is 14.8 Å². The zero-order valence-electron chi connectivity index (χ0n) is 15.4. The standard InChI is InChI=1S/C18H27N3O4/c1-13(2)19-18(23)21-7-5-6-20(8-9-21)17(22)14-10-15(24-3)12-16(11-14)25-4/h10-13H,5-9H2,1-4H3,(H,19,23). The normalized spacial score (nSPS) is 14.9. The van der Waals surface area contributed by atoms with E-state index in [1.54, 1.807) is 42.2 Å². The van der Waals surface area contributed by atoms with E-state index in [4.69, 9.17) is 9.47 Å². The van der Waals surface area contributed by atoms with Crippen molar-refractivity contribution in [1.82, 2.24) is 15.1 Å². The first kappa shape index (κ1) is 18.9. The summed E-state index contributed by atoms with van der Waals surface area (Å²) in [5.74, 6) is 1.08. The quantitative estimate of drug-likeness (QED) is 0.902. The Labute approximate surface area is 148 Å². The van der Waals surface area contributed by atoms with Crippen molar-refractivity contribution in [3.63, 3.8) is 0 Å². The van der Waals surface area contributed by atoms with Gasteiger partial charge in [-0.15, -0.1) is 0 Å². The van der Waals surface area contributed by atoms with Gasteiger partial charge >= 0.3 is 6.03 Å². The maximum atomic E-state index is 12.8. The number of methoxy groups -OCH3 is 2. The molecule has 0 atom stereocenters. The fraction of sp³-hybridized carbons (Fsp3) is 0.556. The van der Waals surface area contributed by atoms with Crippen LogP contribution in [-0.4, -0.2) is 68.2 Å². The molecule has 0 radical (unpaired) electrons. The summed E-state index contributed by atoms with van der Waals surface area (Å²) in [6.45, 7) is 6.15. The summed E-state index contributed by atoms with van der Waals surface area (Å²) in [4.78, 5) is 28.5. The van der Waals surface area contributed by atoms with Gasteiger partial charge in [0.1, 0.15) is 11.5 Å². The fourth-order valence-electron chi connectivity index (χ4n) is 2.78. The monoisotopic (exact) mass is 349 g/mol. The molecule has 0 spiro atoms. The van der Waals surface area contributed by atoms with Gasteiger partial charge in [-0.25, -0.2) is 4.79 Å². The second-order valence-electron chi connectivity index (χ2n) is 6.34. The number of benzene rings is 1. The molecule has 25 heavy (non-hydrogen) atoms. The molecule has 0 aromatic heterocycles. The Morgan fingerprint density at radius 1 is 0.960 bits per heavy atom. The predicted molar refractivity (Wildman–Crippen MR) is 95.3 cm³/mol. The number of carbonyl (C=O) groups is 2. The van der Waals surface area contributed by atoms with Gasteiger partial charge in [-0.2, -0.15) is 0 Å². The molecule has 0 saturated carbocycles. The third-order valence-electron chi connectivity index (χ3n) is 4.08. The Kier molecular flexibility index (Phi) is 6.50. The molecular weight excluding hydrogens is 322 g/mol. The van der Waals surface area contributed by atoms with Crippen molar-refractivity contribution in [3.8, 4) is 11.5 Å². The van der Waals surface area contributed by atoms with E-state index in [2.05, 4.69) is 5.32 Å². The Hall–Kier alpha value is -2.44. The molecule has 1 N–H and O–H groups in total. The summed E-state index contributed by atoms with van der Waals surface area (Å²) in [5.41, 5.74) is 0.524. The maximum Gasteiger partial charge on any atom is 0.317 e. The predicted octanol–water partition coefficient (Wildman–Crippen LogP) is 1.97. The molecule has 1 aromatic rings. The Morgan fingerprint density at radius 3 is 2.08 bits per heavy atom. The average molecular weight is 349 g/mol. The molecule has 0 aliphatic carbocycles. The van der Waals surface area contributed by atoms with Crippen LogP contribution in [0, 0.1) is 0 Å². The molecule has 7 heteroatoms. The van der Waals surface area contributed by atoms with E-state index in [1.807, 2.05) is 13.8 Å². The van der Waals surface area contributed by atoms with E-state index in [9.17, 15) is 9.59 Å². The molecule has 1 aromatic carbocycles. The summed E-state index contributed by atoms with van der Waals surface area (Å²) in [7, 11) is 3.11. The van der Waals surface area contributed by atoms with Crippen molar-refractivity contribution in [3.05, 3.63) is 23.8 Å². The van der Waals surface area contributed by atoms with Crippen LogP contribution in [0.2, 0.25) is 0 Å². The highest BCUT2D eigenvalue weighted by atomic mass is 16.5. The molecule has 1 fully saturated rings. The average Bonchev–Trinajstić information content (AvgIpc) is 2.86. The van der Waals surface area contributed by atoms with Crippen LogP contribution >= 0.6 is 0 Å². The van der Waals surface area contributed by atoms with Crippen molar-refractivity contribution in [1.29, 1.82) is 0 Å². The lowest BCUT2D eigenvalue weighted by atomic mass is 10.1. The SMILES string of the molecule is COc1cc(OC)cc(C(=O)N2CCCN(C(=O)NC(C)C)CC2)c1. The minimum atomic E-state index is -0.0803. The van der Waals surface area contributed by atoms with Gasteiger partial charge in [0.25, 0.3) is 5.91 Å². The fourth-order valence-corrected chi connectivity index (χ4v) is 2.78. The first-order valence-corrected chi connectivity index (χ1v) is 8.52. The lowest BCUT2D eigenvalue weighted by molar-refractivity contribution is 0.0761. The Morgan fingerprint density at radius 2 is 1.52 bits per heavy atom. The molecule has 3 amide bonds. The third-order valence-corrected chi connectivity index (χ3v) is 4.08. The topological polar surface area (TPSA) is 71.1 Å². The Bertz CT molecular complexity index is 596. The molecule has 1 aliphatic rings. The van der Waals surface area contributed by atoms with Gasteiger partial charge in [-0.1, -0.05) is 0 Å². The summed E-state index contributed by atoms with van der Waals surface area (Å²) >= 11 is 0. The number of hydrogen-bond donors (Lipinski definition) is 1. The summed E-state index contributed by atoms with van der Waals surface area (Å²) in [5, 5.41) is 2.90. The van der Waals surface area contributed by atoms with Crippen molar-refractivity contribution < 1.29 is 19.1 Å². The van der Waals surface area contributed by atoms with Crippen LogP contribution in [0.5, 0.6) is 11.5 Å². The van der Waals surface area contributed by atoms with Gasteiger partial charge in [0.15, 0.2) is 0 Å². The number of amides is 3. The summed E-state index contributed by atoms with van der Waals surface area (Å²) in [6.07, 6.45) is 0.748. The van der Waals surface area contributed by atoms with Gasteiger partial charge in [0, 0.05) is 43.9 Å². The molecule has 2 rings (SSSR count). The lowest BCUT2D eigenvalue weighted by Crippen LogP contribution is -2.44. The van der Waals surface area contributed by atoms with Crippen LogP contribution in [-0.2, 0) is 0 Å². The molecule has 138 valence electrons. The number of urea groups is 1. The molecule has 7 nitrogen and oxygen atoms in total. The van der Waals surface area contributed by atoms with Crippen LogP contribution in [0.4, 0.5) is 4.79 Å². The number of nitrogens with zero attached hydrogens (tertiary/aromatic N) is 2. The van der Waals surface area contributed by atoms with E-state index < -0.39 is 0 Å². The van der Waals surface area contributed by atoms with Crippen molar-refractivity contribution in [2.75, 3.05) is 40.4 Å². The van der Waals surface area contributed by atoms with Crippen molar-refractivity contribution in [2.45, 2.75) is 26.3 Å². The van der Waals surface area contributed by atoms with E-state index in [0.29, 0.717) is 43.2 Å². The second kappa shape index (κ2) is 8.60. The molecule has 1 aliphatic heterocycles. The number of carbonyl (C=O) groups excluding carboxylic acids is 2. The molecule has 1 saturated heterocycles. The first-order valence-electron chi connectivity index (χ1n) is 8.52. The van der Waals surface area contributed by atoms with Gasteiger partial charge < -0.3 is 24.6 Å². The molecule has 0 unspecified atom stereocenters. The van der Waals surface area contributed by atoms with Crippen LogP contribution in [0.25, 0.3) is 0 Å². The van der Waals surface area contributed by atoms with Gasteiger partial charge in [0.05, 0.1) is 14.2 Å². The highest BCUT2D eigenvalue weighted by Crippen LogP contribution is 2.23. The highest BCUT2D eigenvalue weighted by Gasteiger charge is 2.23. The van der Waals surface area contributed by atoms with Gasteiger partial charge in [-0.3, -0.25) is 4.79 Å². The van der Waals surface area contributed by atoms with Crippen molar-refractivity contribution in [2.24, 2.45) is 0 Å². The van der Waals surface area contributed by atoms with Gasteiger partial charge in [0.2, 0.25) is 0 Å². The maximum absolute atomic E-state index is 12.8. The second-order valence-corrected chi connectivity index (χ2v) is 6.34. The minimum absolute atomic E-state index is 0.0765. The van der Waals surface area contributed by atoms with Crippen molar-refractivity contribution >= 4 is 11.9 Å². The molecule has 0 bridgehead atoms. The highest BCUT2D eigenvalue weighted by molar-refractivity contribution is 5.95. The van der Waals surface area contributed by atoms with E-state index in [-0.39, 0.29) is 18.0 Å². The third kappa shape index (κ3) is 5.01. The number of ether oxygens (including phenoxy) is 2. The first-order chi connectivity index (χ1) is 11.9. The number of hydrogen-bond acceptors (Lipinski definition) is 4. The number of nitrogens with one attached hydrogen (secondary N) is 1. The molecular formula is C18H27N3O4. The van der Waals surface area contributed by atoms with Crippen LogP contribution in [0.3, 0.4) is 0 Å². The summed E-state index contributed by atoms with van der Waals surface area (Å²) in [6, 6.07) is 5.17. The van der Waals surface area contributed by atoms with Crippen LogP contribution in [0.15, 0.2) is 18.2 Å². The van der Waals surface area contributed by atoms with E-state index in [1.165, 1.54) is 0 Å².